The summed E-state index contributed by atoms with van der Waals surface area (Å²) in [5.74, 6) is 1.32. The monoisotopic (exact) mass is 387 g/mol. The van der Waals surface area contributed by atoms with E-state index in [0.29, 0.717) is 5.92 Å². The summed E-state index contributed by atoms with van der Waals surface area (Å²) in [5, 5.41) is 0.916. The number of benzene rings is 3. The summed E-state index contributed by atoms with van der Waals surface area (Å²) in [6.45, 7) is 6.42. The fourth-order valence-electron chi connectivity index (χ4n) is 2.55. The quantitative estimate of drug-likeness (QED) is 0.188. The molecule has 0 aromatic heterocycles. The van der Waals surface area contributed by atoms with Crippen molar-refractivity contribution in [3.05, 3.63) is 102 Å². The van der Waals surface area contributed by atoms with E-state index >= 15 is 0 Å². The van der Waals surface area contributed by atoms with E-state index < -0.39 is 0 Å². The van der Waals surface area contributed by atoms with Gasteiger partial charge >= 0.3 is 0 Å². The number of nitrogens with zero attached hydrogens (tertiary/aromatic N) is 1. The normalized spacial score (nSPS) is 12.3. The van der Waals surface area contributed by atoms with Gasteiger partial charge in [-0.15, -0.1) is 0 Å². The molecule has 3 aromatic rings. The Labute approximate surface area is 172 Å². The number of hydrogen-bond acceptors (Lipinski definition) is 3. The van der Waals surface area contributed by atoms with Crippen LogP contribution in [0.4, 0.5) is 5.69 Å². The van der Waals surface area contributed by atoms with Crippen LogP contribution in [-0.2, 0) is 0 Å². The Morgan fingerprint density at radius 2 is 1.46 bits per heavy atom. The molecule has 2 nitrogen and oxygen atoms in total. The molecule has 0 fully saturated rings. The van der Waals surface area contributed by atoms with E-state index in [1.54, 1.807) is 18.0 Å². The van der Waals surface area contributed by atoms with Crippen molar-refractivity contribution in [2.24, 2.45) is 4.99 Å². The molecule has 0 aliphatic carbocycles. The number of hydrogen-bond donors (Lipinski definition) is 0. The lowest BCUT2D eigenvalue weighted by atomic mass is 10.0. The van der Waals surface area contributed by atoms with Gasteiger partial charge in [-0.2, -0.15) is 0 Å². The van der Waals surface area contributed by atoms with Gasteiger partial charge in [-0.05, 0) is 54.8 Å². The SMILES string of the molecule is C/C(=C\Oc1ccccc1)C(=Nc1ccc(C(C)C)cc1)Sc1ccccc1. The molecule has 0 saturated heterocycles. The number of para-hydroxylation sites is 1. The molecule has 0 unspecified atom stereocenters. The summed E-state index contributed by atoms with van der Waals surface area (Å²) in [4.78, 5) is 6.04. The molecule has 3 heteroatoms. The van der Waals surface area contributed by atoms with Crippen molar-refractivity contribution in [2.45, 2.75) is 31.6 Å². The zero-order valence-corrected chi connectivity index (χ0v) is 17.3. The van der Waals surface area contributed by atoms with Gasteiger partial charge in [0, 0.05) is 10.5 Å². The Morgan fingerprint density at radius 3 is 2.07 bits per heavy atom. The van der Waals surface area contributed by atoms with Crippen molar-refractivity contribution >= 4 is 22.5 Å². The maximum Gasteiger partial charge on any atom is 0.126 e. The molecule has 3 aromatic carbocycles. The van der Waals surface area contributed by atoms with Gasteiger partial charge in [0.25, 0.3) is 0 Å². The molecule has 0 radical (unpaired) electrons. The summed E-state index contributed by atoms with van der Waals surface area (Å²) in [6, 6.07) is 28.5. The van der Waals surface area contributed by atoms with Crippen LogP contribution in [0.3, 0.4) is 0 Å². The molecule has 0 heterocycles. The maximum atomic E-state index is 5.82. The third-order valence-electron chi connectivity index (χ3n) is 4.20. The van der Waals surface area contributed by atoms with Gasteiger partial charge in [0.05, 0.1) is 11.9 Å². The molecule has 3 rings (SSSR count). The third-order valence-corrected chi connectivity index (χ3v) is 5.31. The lowest BCUT2D eigenvalue weighted by Crippen LogP contribution is -1.97. The van der Waals surface area contributed by atoms with Crippen LogP contribution in [-0.4, -0.2) is 5.04 Å². The Bertz CT molecular complexity index is 929. The molecular weight excluding hydrogens is 362 g/mol. The van der Waals surface area contributed by atoms with Crippen LogP contribution in [0, 0.1) is 0 Å². The zero-order chi connectivity index (χ0) is 19.8. The van der Waals surface area contributed by atoms with Crippen molar-refractivity contribution in [3.8, 4) is 5.75 Å². The van der Waals surface area contributed by atoms with Crippen LogP contribution in [0.2, 0.25) is 0 Å². The van der Waals surface area contributed by atoms with Gasteiger partial charge in [-0.25, -0.2) is 4.99 Å². The summed E-state index contributed by atoms with van der Waals surface area (Å²) >= 11 is 1.64. The predicted octanol–water partition coefficient (Wildman–Crippen LogP) is 7.62. The highest BCUT2D eigenvalue weighted by Crippen LogP contribution is 2.27. The Balaban J connectivity index is 1.87. The Kier molecular flexibility index (Phi) is 7.10. The molecule has 0 bridgehead atoms. The van der Waals surface area contributed by atoms with Crippen LogP contribution < -0.4 is 4.74 Å². The molecule has 28 heavy (non-hydrogen) atoms. The Hall–Kier alpha value is -2.78. The van der Waals surface area contributed by atoms with Gasteiger partial charge in [-0.1, -0.05) is 74.1 Å². The third kappa shape index (κ3) is 5.86. The van der Waals surface area contributed by atoms with E-state index in [1.165, 1.54) is 5.56 Å². The van der Waals surface area contributed by atoms with E-state index in [9.17, 15) is 0 Å². The van der Waals surface area contributed by atoms with Gasteiger partial charge in [0.2, 0.25) is 0 Å². The van der Waals surface area contributed by atoms with E-state index in [0.717, 1.165) is 26.9 Å². The fraction of sp³-hybridized carbons (Fsp3) is 0.160. The minimum Gasteiger partial charge on any atom is -0.465 e. The molecule has 0 aliphatic rings. The lowest BCUT2D eigenvalue weighted by Gasteiger charge is -2.09. The highest BCUT2D eigenvalue weighted by molar-refractivity contribution is 8.14. The van der Waals surface area contributed by atoms with Crippen molar-refractivity contribution < 1.29 is 4.74 Å². The molecule has 0 aliphatic heterocycles. The maximum absolute atomic E-state index is 5.82. The minimum atomic E-state index is 0.511. The van der Waals surface area contributed by atoms with Crippen molar-refractivity contribution in [2.75, 3.05) is 0 Å². The van der Waals surface area contributed by atoms with E-state index in [-0.39, 0.29) is 0 Å². The molecule has 0 saturated carbocycles. The smallest absolute Gasteiger partial charge is 0.126 e. The molecule has 0 N–H and O–H groups in total. The zero-order valence-electron chi connectivity index (χ0n) is 16.5. The van der Waals surface area contributed by atoms with Gasteiger partial charge in [0.15, 0.2) is 0 Å². The fourth-order valence-corrected chi connectivity index (χ4v) is 3.43. The first kappa shape index (κ1) is 20.0. The Morgan fingerprint density at radius 1 is 0.857 bits per heavy atom. The van der Waals surface area contributed by atoms with Gasteiger partial charge in [-0.3, -0.25) is 0 Å². The molecule has 0 spiro atoms. The first-order valence-electron chi connectivity index (χ1n) is 9.42. The number of aliphatic imine (C=N–C) groups is 1. The summed E-state index contributed by atoms with van der Waals surface area (Å²) in [6.07, 6.45) is 1.77. The number of thioether (sulfide) groups is 1. The highest BCUT2D eigenvalue weighted by Gasteiger charge is 2.08. The van der Waals surface area contributed by atoms with E-state index in [4.69, 9.17) is 9.73 Å². The van der Waals surface area contributed by atoms with Gasteiger partial charge in [0.1, 0.15) is 10.8 Å². The summed E-state index contributed by atoms with van der Waals surface area (Å²) in [5.41, 5.74) is 3.23. The van der Waals surface area contributed by atoms with Gasteiger partial charge < -0.3 is 4.74 Å². The van der Waals surface area contributed by atoms with Crippen LogP contribution in [0.1, 0.15) is 32.3 Å². The van der Waals surface area contributed by atoms with Crippen molar-refractivity contribution in [3.63, 3.8) is 0 Å². The van der Waals surface area contributed by atoms with Crippen molar-refractivity contribution in [1.29, 1.82) is 0 Å². The second kappa shape index (κ2) is 9.95. The number of ether oxygens (including phenoxy) is 1. The van der Waals surface area contributed by atoms with Crippen LogP contribution in [0.5, 0.6) is 5.75 Å². The first-order chi connectivity index (χ1) is 13.6. The number of rotatable bonds is 6. The standard InChI is InChI=1S/C25H25NOS/c1-19(2)21-14-16-22(17-15-21)26-25(28-24-12-8-5-9-13-24)20(3)18-27-23-10-6-4-7-11-23/h4-19H,1-3H3/b20-18+,26-25?. The molecule has 142 valence electrons. The largest absolute Gasteiger partial charge is 0.465 e. The predicted molar refractivity (Wildman–Crippen MR) is 121 cm³/mol. The second-order valence-corrected chi connectivity index (χ2v) is 7.87. The van der Waals surface area contributed by atoms with Crippen LogP contribution in [0.25, 0.3) is 0 Å². The van der Waals surface area contributed by atoms with Crippen molar-refractivity contribution in [1.82, 2.24) is 0 Å². The second-order valence-electron chi connectivity index (χ2n) is 6.81. The van der Waals surface area contributed by atoms with Crippen LogP contribution >= 0.6 is 11.8 Å². The summed E-state index contributed by atoms with van der Waals surface area (Å²) < 4.78 is 5.82. The van der Waals surface area contributed by atoms with E-state index in [2.05, 4.69) is 50.2 Å². The topological polar surface area (TPSA) is 21.6 Å². The lowest BCUT2D eigenvalue weighted by molar-refractivity contribution is 0.478. The minimum absolute atomic E-state index is 0.511. The summed E-state index contributed by atoms with van der Waals surface area (Å²) in [7, 11) is 0. The highest BCUT2D eigenvalue weighted by atomic mass is 32.2. The van der Waals surface area contributed by atoms with Crippen LogP contribution in [0.15, 0.2) is 107 Å². The van der Waals surface area contributed by atoms with E-state index in [1.807, 2.05) is 55.5 Å². The average molecular weight is 388 g/mol. The first-order valence-corrected chi connectivity index (χ1v) is 10.2. The molecule has 0 amide bonds. The molecular formula is C25H25NOS. The average Bonchev–Trinajstić information content (AvgIpc) is 2.73. The molecule has 0 atom stereocenters.